The zero-order valence-corrected chi connectivity index (χ0v) is 35.3. The lowest BCUT2D eigenvalue weighted by molar-refractivity contribution is -0.161. The Morgan fingerprint density at radius 1 is 0.607 bits per heavy atom. The molecule has 0 aromatic rings. The molecule has 322 valence electrons. The second-order valence-electron chi connectivity index (χ2n) is 13.9. The first kappa shape index (κ1) is 53.4. The van der Waals surface area contributed by atoms with E-state index in [1.165, 1.54) is 44.9 Å². The Labute approximate surface area is 338 Å². The molecule has 0 aliphatic heterocycles. The van der Waals surface area contributed by atoms with E-state index in [-0.39, 0.29) is 12.8 Å². The molecule has 0 spiro atoms. The van der Waals surface area contributed by atoms with Crippen LogP contribution in [-0.2, 0) is 32.7 Å². The van der Waals surface area contributed by atoms with Crippen molar-refractivity contribution in [2.24, 2.45) is 0 Å². The van der Waals surface area contributed by atoms with E-state index in [1.54, 1.807) is 12.2 Å². The lowest BCUT2D eigenvalue weighted by Gasteiger charge is -2.20. The first-order chi connectivity index (χ1) is 27.1. The third-order valence-corrected chi connectivity index (χ3v) is 9.42. The molecule has 0 aliphatic rings. The number of rotatable bonds is 38. The van der Waals surface area contributed by atoms with Gasteiger partial charge in [0.2, 0.25) is 0 Å². The number of unbranched alkanes of at least 4 members (excludes halogenated alkanes) is 12. The minimum atomic E-state index is -4.68. The molecular weight excluding hydrogens is 735 g/mol. The van der Waals surface area contributed by atoms with Gasteiger partial charge in [-0.25, -0.2) is 4.57 Å². The molecule has 4 N–H and O–H groups in total. The average Bonchev–Trinajstić information content (AvgIpc) is 3.18. The van der Waals surface area contributed by atoms with Gasteiger partial charge in [-0.2, -0.15) is 0 Å². The van der Waals surface area contributed by atoms with Gasteiger partial charge in [-0.1, -0.05) is 138 Å². The molecule has 0 aromatic heterocycles. The van der Waals surface area contributed by atoms with Gasteiger partial charge < -0.3 is 29.7 Å². The molecule has 0 heterocycles. The molecule has 0 fully saturated rings. The van der Waals surface area contributed by atoms with Crippen LogP contribution >= 0.6 is 7.82 Å². The molecule has 11 nitrogen and oxygen atoms in total. The van der Waals surface area contributed by atoms with Gasteiger partial charge >= 0.3 is 19.8 Å². The van der Waals surface area contributed by atoms with Crippen LogP contribution in [0.1, 0.15) is 149 Å². The topological polar surface area (TPSA) is 169 Å². The van der Waals surface area contributed by atoms with Gasteiger partial charge in [0.05, 0.1) is 25.9 Å². The smallest absolute Gasteiger partial charge is 0.462 e. The molecule has 1 unspecified atom stereocenters. The Kier molecular flexibility index (Phi) is 37.4. The fourth-order valence-electron chi connectivity index (χ4n) is 5.14. The molecule has 0 saturated heterocycles. The minimum Gasteiger partial charge on any atom is -0.462 e. The molecule has 0 rings (SSSR count). The molecule has 0 aliphatic carbocycles. The van der Waals surface area contributed by atoms with Gasteiger partial charge in [-0.3, -0.25) is 18.6 Å². The minimum absolute atomic E-state index is 0.0510. The van der Waals surface area contributed by atoms with E-state index in [0.717, 1.165) is 57.8 Å². The van der Waals surface area contributed by atoms with E-state index in [2.05, 4.69) is 67.0 Å². The summed E-state index contributed by atoms with van der Waals surface area (Å²) in [6.45, 7) is 2.07. The maximum Gasteiger partial charge on any atom is 0.472 e. The van der Waals surface area contributed by atoms with Crippen LogP contribution in [0.2, 0.25) is 0 Å². The Morgan fingerprint density at radius 3 is 1.84 bits per heavy atom. The van der Waals surface area contributed by atoms with Crippen LogP contribution < -0.4 is 0 Å². The Balaban J connectivity index is 4.57. The number of ether oxygens (including phenoxy) is 2. The summed E-state index contributed by atoms with van der Waals surface area (Å²) in [5, 5.41) is 28.6. The van der Waals surface area contributed by atoms with E-state index in [0.29, 0.717) is 19.3 Å². The second kappa shape index (κ2) is 39.2. The monoisotopic (exact) mass is 811 g/mol. The molecule has 12 heteroatoms. The quantitative estimate of drug-likeness (QED) is 0.0154. The van der Waals surface area contributed by atoms with Crippen molar-refractivity contribution >= 4 is 19.8 Å². The summed E-state index contributed by atoms with van der Waals surface area (Å²) in [6.07, 6.45) is 40.4. The van der Waals surface area contributed by atoms with Gasteiger partial charge in [0.1, 0.15) is 12.7 Å². The molecule has 56 heavy (non-hydrogen) atoms. The van der Waals surface area contributed by atoms with Crippen LogP contribution in [0.25, 0.3) is 0 Å². The molecule has 0 radical (unpaired) electrons. The molecule has 0 aromatic carbocycles. The fraction of sp³-hybridized carbons (Fsp3) is 0.682. The van der Waals surface area contributed by atoms with Crippen molar-refractivity contribution in [1.29, 1.82) is 0 Å². The van der Waals surface area contributed by atoms with Crippen molar-refractivity contribution in [2.45, 2.75) is 167 Å². The highest BCUT2D eigenvalue weighted by Crippen LogP contribution is 2.43. The fourth-order valence-corrected chi connectivity index (χ4v) is 5.93. The normalized spacial score (nSPS) is 15.2. The van der Waals surface area contributed by atoms with Crippen LogP contribution in [-0.4, -0.2) is 76.9 Å². The van der Waals surface area contributed by atoms with Crippen molar-refractivity contribution in [1.82, 2.24) is 0 Å². The van der Waals surface area contributed by atoms with Crippen molar-refractivity contribution in [3.05, 3.63) is 72.9 Å². The first-order valence-corrected chi connectivity index (χ1v) is 22.5. The Hall–Kier alpha value is -2.63. The lowest BCUT2D eigenvalue weighted by atomic mass is 10.1. The second-order valence-corrected chi connectivity index (χ2v) is 15.3. The maximum absolute atomic E-state index is 12.6. The number of phosphoric acid groups is 1. The molecule has 4 atom stereocenters. The highest BCUT2D eigenvalue weighted by molar-refractivity contribution is 7.47. The number of esters is 2. The lowest BCUT2D eigenvalue weighted by Crippen LogP contribution is -2.30. The van der Waals surface area contributed by atoms with Gasteiger partial charge in [-0.05, 0) is 70.6 Å². The van der Waals surface area contributed by atoms with Crippen molar-refractivity contribution < 1.29 is 52.9 Å². The molecular formula is C44H75O11P. The zero-order valence-electron chi connectivity index (χ0n) is 34.4. The van der Waals surface area contributed by atoms with Gasteiger partial charge in [0.15, 0.2) is 6.10 Å². The van der Waals surface area contributed by atoms with Crippen LogP contribution in [0.5, 0.6) is 0 Å². The number of aliphatic hydroxyl groups excluding tert-OH is 3. The number of allylic oxidation sites excluding steroid dienone is 11. The zero-order chi connectivity index (χ0) is 41.4. The molecule has 0 bridgehead atoms. The first-order valence-electron chi connectivity index (χ1n) is 21.0. The number of hydrogen-bond donors (Lipinski definition) is 4. The third kappa shape index (κ3) is 38.3. The summed E-state index contributed by atoms with van der Waals surface area (Å²) in [4.78, 5) is 35.0. The number of carbonyl (C=O) groups excluding carboxylic acids is 2. The number of carbonyl (C=O) groups is 2. The number of aliphatic hydroxyl groups is 3. The predicted molar refractivity (Wildman–Crippen MR) is 225 cm³/mol. The summed E-state index contributed by atoms with van der Waals surface area (Å²) < 4.78 is 32.5. The summed E-state index contributed by atoms with van der Waals surface area (Å²) in [6, 6.07) is 0. The third-order valence-electron chi connectivity index (χ3n) is 8.47. The number of phosphoric ester groups is 1. The summed E-state index contributed by atoms with van der Waals surface area (Å²) in [7, 11) is -4.68. The Morgan fingerprint density at radius 2 is 1.14 bits per heavy atom. The van der Waals surface area contributed by atoms with Crippen LogP contribution in [0.4, 0.5) is 0 Å². The summed E-state index contributed by atoms with van der Waals surface area (Å²) >= 11 is 0. The maximum atomic E-state index is 12.6. The van der Waals surface area contributed by atoms with E-state index in [4.69, 9.17) is 19.1 Å². The predicted octanol–water partition coefficient (Wildman–Crippen LogP) is 9.86. The van der Waals surface area contributed by atoms with Crippen LogP contribution in [0.3, 0.4) is 0 Å². The van der Waals surface area contributed by atoms with E-state index < -0.39 is 64.5 Å². The Bertz CT molecular complexity index is 1180. The van der Waals surface area contributed by atoms with Crippen LogP contribution in [0.15, 0.2) is 72.9 Å². The largest absolute Gasteiger partial charge is 0.472 e. The van der Waals surface area contributed by atoms with Crippen molar-refractivity contribution in [3.8, 4) is 0 Å². The SMILES string of the molecule is CCCCC/C=C\C/C=C\C/C=C\C=C\[C@H](O)CCCC(=O)O[C@H](COC(=O)CCCCCCC/C=C\C=C/CCCCCC)COP(=O)(O)OC[C@@H](O)CO. The highest BCUT2D eigenvalue weighted by atomic mass is 31.2. The summed E-state index contributed by atoms with van der Waals surface area (Å²) in [5.41, 5.74) is 0. The average molecular weight is 811 g/mol. The van der Waals surface area contributed by atoms with Crippen LogP contribution in [0, 0.1) is 0 Å². The van der Waals surface area contributed by atoms with Gasteiger partial charge in [0, 0.05) is 12.8 Å². The van der Waals surface area contributed by atoms with E-state index >= 15 is 0 Å². The van der Waals surface area contributed by atoms with Crippen molar-refractivity contribution in [3.63, 3.8) is 0 Å². The number of hydrogen-bond acceptors (Lipinski definition) is 10. The molecule has 0 amide bonds. The summed E-state index contributed by atoms with van der Waals surface area (Å²) in [5.74, 6) is -1.15. The van der Waals surface area contributed by atoms with Crippen molar-refractivity contribution in [2.75, 3.05) is 26.4 Å². The van der Waals surface area contributed by atoms with E-state index in [1.807, 2.05) is 12.2 Å². The molecule has 0 saturated carbocycles. The standard InChI is InChI=1S/C44H75O11P/c1-3-5-7-9-11-13-15-17-18-20-22-24-26-28-30-34-43(48)52-38-42(39-54-56(50,51)53-37-41(47)36-45)55-44(49)35-31-33-40(46)32-29-27-25-23-21-19-16-14-12-10-8-6-4-2/h12-15,17-19,21,25,27,29,32,40-42,45-47H,3-11,16,20,22-24,26,28,30-31,33-39H2,1-2H3,(H,50,51)/b14-12-,15-13-,18-17-,21-19-,27-25-,32-29+/t40-,41-,42+/m0/s1. The van der Waals surface area contributed by atoms with Gasteiger partial charge in [0.25, 0.3) is 0 Å². The van der Waals surface area contributed by atoms with Gasteiger partial charge in [-0.15, -0.1) is 0 Å². The highest BCUT2D eigenvalue weighted by Gasteiger charge is 2.27. The van der Waals surface area contributed by atoms with E-state index in [9.17, 15) is 29.3 Å².